The monoisotopic (exact) mass is 477 g/mol. The van der Waals surface area contributed by atoms with Crippen LogP contribution >= 0.6 is 11.6 Å². The van der Waals surface area contributed by atoms with Gasteiger partial charge in [-0.25, -0.2) is 13.1 Å². The van der Waals surface area contributed by atoms with Crippen LogP contribution in [-0.4, -0.2) is 50.0 Å². The molecule has 172 valence electrons. The lowest BCUT2D eigenvalue weighted by atomic mass is 10.1. The Morgan fingerprint density at radius 3 is 2.66 bits per heavy atom. The van der Waals surface area contributed by atoms with Crippen molar-refractivity contribution in [2.45, 2.75) is 49.2 Å². The van der Waals surface area contributed by atoms with Gasteiger partial charge in [0.15, 0.2) is 0 Å². The van der Waals surface area contributed by atoms with E-state index in [4.69, 9.17) is 11.6 Å². The van der Waals surface area contributed by atoms with E-state index >= 15 is 0 Å². The highest BCUT2D eigenvalue weighted by atomic mass is 35.5. The summed E-state index contributed by atoms with van der Waals surface area (Å²) in [5.74, 6) is -0.213. The van der Waals surface area contributed by atoms with Gasteiger partial charge in [0.2, 0.25) is 10.0 Å². The number of carbonyl (C=O) groups excluding carboxylic acids is 1. The molecule has 9 heteroatoms. The second-order valence-corrected chi connectivity index (χ2v) is 9.91. The number of unbranched alkanes of at least 4 members (excludes halogenated alkanes) is 1. The molecule has 2 atom stereocenters. The Hall–Kier alpha value is -2.26. The molecule has 1 aromatic heterocycles. The Balaban J connectivity index is 1.66. The molecule has 7 nitrogen and oxygen atoms in total. The third kappa shape index (κ3) is 7.13. The van der Waals surface area contributed by atoms with E-state index in [1.165, 1.54) is 19.2 Å². The average Bonchev–Trinajstić information content (AvgIpc) is 3.14. The van der Waals surface area contributed by atoms with Gasteiger partial charge in [-0.2, -0.15) is 0 Å². The number of esters is 1. The lowest BCUT2D eigenvalue weighted by molar-refractivity contribution is -0.140. The molecule has 0 unspecified atom stereocenters. The number of halogens is 1. The van der Waals surface area contributed by atoms with E-state index in [1.54, 1.807) is 24.5 Å². The lowest BCUT2D eigenvalue weighted by Crippen LogP contribution is -2.37. The summed E-state index contributed by atoms with van der Waals surface area (Å²) in [4.78, 5) is 17.8. The van der Waals surface area contributed by atoms with Crippen molar-refractivity contribution < 1.29 is 17.9 Å². The second-order valence-electron chi connectivity index (χ2n) is 7.76. The fourth-order valence-electron chi connectivity index (χ4n) is 3.74. The van der Waals surface area contributed by atoms with Crippen molar-refractivity contribution >= 4 is 27.6 Å². The van der Waals surface area contributed by atoms with Gasteiger partial charge in [0, 0.05) is 49.0 Å². The molecule has 3 rings (SSSR count). The zero-order chi connectivity index (χ0) is 23.0. The molecule has 0 spiro atoms. The predicted molar refractivity (Wildman–Crippen MR) is 124 cm³/mol. The topological polar surface area (TPSA) is 88.6 Å². The normalized spacial score (nSPS) is 19.4. The molecule has 0 bridgehead atoms. The number of benzene rings is 1. The summed E-state index contributed by atoms with van der Waals surface area (Å²) in [6, 6.07) is 9.94. The number of nitrogens with zero attached hydrogens (tertiary/aromatic N) is 2. The third-order valence-electron chi connectivity index (χ3n) is 5.37. The fraction of sp³-hybridized carbons (Fsp3) is 0.391. The second kappa shape index (κ2) is 11.6. The van der Waals surface area contributed by atoms with Gasteiger partial charge < -0.3 is 4.74 Å². The standard InChI is InChI=1S/C23H28ClN3O4S/c1-31-23(28)6-4-2-3-5-21-15-20(17-27(21)16-18-11-13-25-14-12-18)26-32(29,30)22-9-7-19(24)8-10-22/h3,5,7-14,20-21,26H,2,4,6,15-17H2,1H3/t20-,21-/m1/s1. The zero-order valence-electron chi connectivity index (χ0n) is 18.0. The van der Waals surface area contributed by atoms with Crippen LogP contribution in [0.3, 0.4) is 0 Å². The first-order valence-electron chi connectivity index (χ1n) is 10.5. The van der Waals surface area contributed by atoms with Gasteiger partial charge in [0.1, 0.15) is 0 Å². The molecule has 1 aromatic carbocycles. The van der Waals surface area contributed by atoms with Gasteiger partial charge in [-0.1, -0.05) is 23.8 Å². The van der Waals surface area contributed by atoms with Crippen LogP contribution in [0.4, 0.5) is 0 Å². The smallest absolute Gasteiger partial charge is 0.305 e. The number of aromatic nitrogens is 1. The third-order valence-corrected chi connectivity index (χ3v) is 7.16. The van der Waals surface area contributed by atoms with Crippen molar-refractivity contribution in [3.63, 3.8) is 0 Å². The number of rotatable bonds is 10. The maximum Gasteiger partial charge on any atom is 0.305 e. The summed E-state index contributed by atoms with van der Waals surface area (Å²) in [5.41, 5.74) is 1.12. The number of allylic oxidation sites excluding steroid dienone is 1. The van der Waals surface area contributed by atoms with Gasteiger partial charge in [-0.05, 0) is 61.2 Å². The number of hydrogen-bond acceptors (Lipinski definition) is 6. The van der Waals surface area contributed by atoms with Crippen LogP contribution in [0, 0.1) is 0 Å². The van der Waals surface area contributed by atoms with Gasteiger partial charge in [0.05, 0.1) is 12.0 Å². The Morgan fingerprint density at radius 2 is 1.97 bits per heavy atom. The van der Waals surface area contributed by atoms with Crippen molar-refractivity contribution in [3.05, 3.63) is 71.5 Å². The maximum atomic E-state index is 12.8. The summed E-state index contributed by atoms with van der Waals surface area (Å²) < 4.78 is 33.1. The van der Waals surface area contributed by atoms with Crippen LogP contribution in [0.2, 0.25) is 5.02 Å². The largest absolute Gasteiger partial charge is 0.469 e. The zero-order valence-corrected chi connectivity index (χ0v) is 19.6. The van der Waals surface area contributed by atoms with Crippen LogP contribution in [0.25, 0.3) is 0 Å². The molecule has 2 heterocycles. The number of hydrogen-bond donors (Lipinski definition) is 1. The van der Waals surface area contributed by atoms with E-state index < -0.39 is 10.0 Å². The van der Waals surface area contributed by atoms with E-state index in [2.05, 4.69) is 31.5 Å². The van der Waals surface area contributed by atoms with Crippen LogP contribution in [-0.2, 0) is 26.1 Å². The molecule has 0 radical (unpaired) electrons. The molecule has 0 amide bonds. The molecule has 1 fully saturated rings. The first-order chi connectivity index (χ1) is 15.4. The highest BCUT2D eigenvalue weighted by Crippen LogP contribution is 2.24. The lowest BCUT2D eigenvalue weighted by Gasteiger charge is -2.21. The molecule has 0 aliphatic carbocycles. The van der Waals surface area contributed by atoms with Crippen LogP contribution in [0.15, 0.2) is 65.8 Å². The molecule has 1 saturated heterocycles. The Morgan fingerprint density at radius 1 is 1.25 bits per heavy atom. The Labute approximate surface area is 194 Å². The van der Waals surface area contributed by atoms with Gasteiger partial charge in [-0.3, -0.25) is 14.7 Å². The molecule has 32 heavy (non-hydrogen) atoms. The van der Waals surface area contributed by atoms with Crippen LogP contribution < -0.4 is 4.72 Å². The van der Waals surface area contributed by atoms with E-state index in [9.17, 15) is 13.2 Å². The first kappa shape index (κ1) is 24.4. The number of methoxy groups -OCH3 is 1. The minimum absolute atomic E-state index is 0.0826. The minimum Gasteiger partial charge on any atom is -0.469 e. The average molecular weight is 478 g/mol. The molecule has 0 saturated carbocycles. The highest BCUT2D eigenvalue weighted by molar-refractivity contribution is 7.89. The van der Waals surface area contributed by atoms with Crippen molar-refractivity contribution in [2.24, 2.45) is 0 Å². The van der Waals surface area contributed by atoms with E-state index in [1.807, 2.05) is 12.1 Å². The van der Waals surface area contributed by atoms with Crippen molar-refractivity contribution in [3.8, 4) is 0 Å². The number of likely N-dealkylation sites (tertiary alicyclic amines) is 1. The number of sulfonamides is 1. The summed E-state index contributed by atoms with van der Waals surface area (Å²) in [6.07, 6.45) is 10.2. The van der Waals surface area contributed by atoms with Gasteiger partial charge in [0.25, 0.3) is 0 Å². The minimum atomic E-state index is -3.64. The Kier molecular flexibility index (Phi) is 8.81. The van der Waals surface area contributed by atoms with Crippen molar-refractivity contribution in [1.82, 2.24) is 14.6 Å². The van der Waals surface area contributed by atoms with Crippen LogP contribution in [0.1, 0.15) is 31.2 Å². The van der Waals surface area contributed by atoms with E-state index in [-0.39, 0.29) is 22.9 Å². The quantitative estimate of drug-likeness (QED) is 0.320. The molecule has 2 aromatic rings. The van der Waals surface area contributed by atoms with Crippen molar-refractivity contribution in [2.75, 3.05) is 13.7 Å². The maximum absolute atomic E-state index is 12.8. The Bertz CT molecular complexity index is 1010. The van der Waals surface area contributed by atoms with E-state index in [0.29, 0.717) is 37.4 Å². The summed E-state index contributed by atoms with van der Waals surface area (Å²) in [6.45, 7) is 1.28. The van der Waals surface area contributed by atoms with Crippen LogP contribution in [0.5, 0.6) is 0 Å². The molecular weight excluding hydrogens is 450 g/mol. The van der Waals surface area contributed by atoms with Gasteiger partial charge >= 0.3 is 5.97 Å². The molecule has 1 aliphatic heterocycles. The van der Waals surface area contributed by atoms with Gasteiger partial charge in [-0.15, -0.1) is 0 Å². The summed E-state index contributed by atoms with van der Waals surface area (Å²) in [7, 11) is -2.25. The summed E-state index contributed by atoms with van der Waals surface area (Å²) in [5, 5.41) is 0.491. The number of carbonyl (C=O) groups is 1. The van der Waals surface area contributed by atoms with Crippen molar-refractivity contribution in [1.29, 1.82) is 0 Å². The number of nitrogens with one attached hydrogen (secondary N) is 1. The SMILES string of the molecule is COC(=O)CCCC=C[C@@H]1C[C@@H](NS(=O)(=O)c2ccc(Cl)cc2)CN1Cc1ccncc1. The fourth-order valence-corrected chi connectivity index (χ4v) is 5.11. The summed E-state index contributed by atoms with van der Waals surface area (Å²) >= 11 is 5.88. The molecule has 1 N–H and O–H groups in total. The first-order valence-corrected chi connectivity index (χ1v) is 12.4. The van der Waals surface area contributed by atoms with E-state index in [0.717, 1.165) is 12.0 Å². The molecule has 1 aliphatic rings. The predicted octanol–water partition coefficient (Wildman–Crippen LogP) is 3.56. The highest BCUT2D eigenvalue weighted by Gasteiger charge is 2.33. The number of pyridine rings is 1. The number of ether oxygens (including phenoxy) is 1. The molecular formula is C23H28ClN3O4S.